The van der Waals surface area contributed by atoms with Crippen LogP contribution in [-0.4, -0.2) is 17.0 Å². The third-order valence-electron chi connectivity index (χ3n) is 2.70. The van der Waals surface area contributed by atoms with Gasteiger partial charge in [0.15, 0.2) is 0 Å². The topological polar surface area (TPSA) is 49.8 Å². The predicted molar refractivity (Wildman–Crippen MR) is 75.8 cm³/mol. The number of nitrogens with one attached hydrogen (secondary N) is 2. The van der Waals surface area contributed by atoms with Gasteiger partial charge in [0.25, 0.3) is 0 Å². The Hall–Kier alpha value is -1.81. The maximum absolute atomic E-state index is 6.15. The van der Waals surface area contributed by atoms with E-state index in [1.807, 2.05) is 39.1 Å². The molecule has 2 aromatic rings. The Bertz CT molecular complexity index is 569. The molecule has 5 heteroatoms. The number of aryl methyl sites for hydroxylation is 1. The van der Waals surface area contributed by atoms with E-state index in [9.17, 15) is 0 Å². The van der Waals surface area contributed by atoms with Crippen molar-refractivity contribution in [3.8, 4) is 0 Å². The minimum atomic E-state index is 0.671. The van der Waals surface area contributed by atoms with Crippen LogP contribution in [0.5, 0.6) is 0 Å². The summed E-state index contributed by atoms with van der Waals surface area (Å²) in [5.41, 5.74) is 2.94. The summed E-state index contributed by atoms with van der Waals surface area (Å²) in [4.78, 5) is 8.38. The SMILES string of the molecule is CNc1ncnc(Nc2cc(C)ccc2Cl)c1C. The van der Waals surface area contributed by atoms with Gasteiger partial charge in [-0.05, 0) is 31.5 Å². The first kappa shape index (κ1) is 12.6. The lowest BCUT2D eigenvalue weighted by Crippen LogP contribution is -2.02. The first-order valence-electron chi connectivity index (χ1n) is 5.64. The van der Waals surface area contributed by atoms with Crippen molar-refractivity contribution in [1.29, 1.82) is 0 Å². The van der Waals surface area contributed by atoms with Crippen LogP contribution in [0.1, 0.15) is 11.1 Å². The quantitative estimate of drug-likeness (QED) is 0.888. The van der Waals surface area contributed by atoms with Gasteiger partial charge in [-0.15, -0.1) is 0 Å². The molecule has 0 amide bonds. The average Bonchev–Trinajstić information content (AvgIpc) is 2.36. The van der Waals surface area contributed by atoms with E-state index in [1.165, 1.54) is 6.33 Å². The smallest absolute Gasteiger partial charge is 0.138 e. The molecule has 2 N–H and O–H groups in total. The molecule has 0 aliphatic carbocycles. The van der Waals surface area contributed by atoms with E-state index < -0.39 is 0 Å². The fraction of sp³-hybridized carbons (Fsp3) is 0.231. The number of rotatable bonds is 3. The minimum absolute atomic E-state index is 0.671. The third-order valence-corrected chi connectivity index (χ3v) is 3.03. The second-order valence-electron chi connectivity index (χ2n) is 4.05. The van der Waals surface area contributed by atoms with E-state index in [-0.39, 0.29) is 0 Å². The number of hydrogen-bond acceptors (Lipinski definition) is 4. The molecule has 0 aliphatic heterocycles. The van der Waals surface area contributed by atoms with Crippen LogP contribution in [0.2, 0.25) is 5.02 Å². The lowest BCUT2D eigenvalue weighted by Gasteiger charge is -2.12. The van der Waals surface area contributed by atoms with Gasteiger partial charge in [-0.2, -0.15) is 0 Å². The Kier molecular flexibility index (Phi) is 3.67. The zero-order chi connectivity index (χ0) is 13.1. The zero-order valence-electron chi connectivity index (χ0n) is 10.6. The van der Waals surface area contributed by atoms with Crippen LogP contribution in [0.25, 0.3) is 0 Å². The first-order valence-corrected chi connectivity index (χ1v) is 6.02. The van der Waals surface area contributed by atoms with E-state index in [1.54, 1.807) is 0 Å². The van der Waals surface area contributed by atoms with Gasteiger partial charge < -0.3 is 10.6 Å². The summed E-state index contributed by atoms with van der Waals surface area (Å²) >= 11 is 6.15. The fourth-order valence-electron chi connectivity index (χ4n) is 1.69. The molecule has 0 bridgehead atoms. The van der Waals surface area contributed by atoms with Crippen molar-refractivity contribution in [1.82, 2.24) is 9.97 Å². The van der Waals surface area contributed by atoms with Crippen molar-refractivity contribution in [2.45, 2.75) is 13.8 Å². The summed E-state index contributed by atoms with van der Waals surface area (Å²) in [5, 5.41) is 6.93. The Labute approximate surface area is 111 Å². The van der Waals surface area contributed by atoms with Crippen LogP contribution >= 0.6 is 11.6 Å². The normalized spacial score (nSPS) is 10.2. The lowest BCUT2D eigenvalue weighted by atomic mass is 10.2. The van der Waals surface area contributed by atoms with Gasteiger partial charge in [-0.25, -0.2) is 9.97 Å². The van der Waals surface area contributed by atoms with E-state index in [4.69, 9.17) is 11.6 Å². The molecule has 4 nitrogen and oxygen atoms in total. The molecular formula is C13H15ClN4. The van der Waals surface area contributed by atoms with Gasteiger partial charge in [-0.1, -0.05) is 17.7 Å². The summed E-state index contributed by atoms with van der Waals surface area (Å²) in [6.45, 7) is 3.98. The Morgan fingerprint density at radius 2 is 1.83 bits per heavy atom. The summed E-state index contributed by atoms with van der Waals surface area (Å²) in [7, 11) is 1.83. The van der Waals surface area contributed by atoms with E-state index in [0.29, 0.717) is 5.02 Å². The third kappa shape index (κ3) is 2.54. The van der Waals surface area contributed by atoms with Gasteiger partial charge in [0.2, 0.25) is 0 Å². The van der Waals surface area contributed by atoms with Crippen LogP contribution in [0, 0.1) is 13.8 Å². The molecule has 1 aromatic carbocycles. The largest absolute Gasteiger partial charge is 0.373 e. The zero-order valence-corrected chi connectivity index (χ0v) is 11.3. The molecule has 0 fully saturated rings. The highest BCUT2D eigenvalue weighted by atomic mass is 35.5. The molecule has 2 rings (SSSR count). The molecule has 94 valence electrons. The molecule has 0 aliphatic rings. The second kappa shape index (κ2) is 5.23. The molecule has 0 radical (unpaired) electrons. The second-order valence-corrected chi connectivity index (χ2v) is 4.46. The monoisotopic (exact) mass is 262 g/mol. The summed E-state index contributed by atoms with van der Waals surface area (Å²) in [5.74, 6) is 1.55. The van der Waals surface area contributed by atoms with Crippen LogP contribution in [0.15, 0.2) is 24.5 Å². The fourth-order valence-corrected chi connectivity index (χ4v) is 1.86. The van der Waals surface area contributed by atoms with Crippen molar-refractivity contribution in [3.63, 3.8) is 0 Å². The van der Waals surface area contributed by atoms with Crippen molar-refractivity contribution < 1.29 is 0 Å². The maximum Gasteiger partial charge on any atom is 0.138 e. The number of nitrogens with zero attached hydrogens (tertiary/aromatic N) is 2. The summed E-state index contributed by atoms with van der Waals surface area (Å²) in [6, 6.07) is 5.83. The van der Waals surface area contributed by atoms with Gasteiger partial charge in [0.1, 0.15) is 18.0 Å². The summed E-state index contributed by atoms with van der Waals surface area (Å²) < 4.78 is 0. The Morgan fingerprint density at radius 1 is 1.11 bits per heavy atom. The number of hydrogen-bond donors (Lipinski definition) is 2. The molecule has 0 spiro atoms. The number of aromatic nitrogens is 2. The standard InChI is InChI=1S/C13H15ClN4/c1-8-4-5-10(14)11(6-8)18-13-9(2)12(15-3)16-7-17-13/h4-7H,1-3H3,(H2,15,16,17,18). The van der Waals surface area contributed by atoms with Crippen LogP contribution < -0.4 is 10.6 Å². The number of anilines is 3. The first-order chi connectivity index (χ1) is 8.61. The van der Waals surface area contributed by atoms with Gasteiger partial charge in [0.05, 0.1) is 10.7 Å². The highest BCUT2D eigenvalue weighted by Gasteiger charge is 2.07. The van der Waals surface area contributed by atoms with E-state index >= 15 is 0 Å². The Balaban J connectivity index is 2.37. The number of halogens is 1. The van der Waals surface area contributed by atoms with Gasteiger partial charge in [-0.3, -0.25) is 0 Å². The highest BCUT2D eigenvalue weighted by Crippen LogP contribution is 2.28. The van der Waals surface area contributed by atoms with Crippen LogP contribution in [0.3, 0.4) is 0 Å². The van der Waals surface area contributed by atoms with Crippen LogP contribution in [-0.2, 0) is 0 Å². The number of benzene rings is 1. The molecule has 1 aromatic heterocycles. The Morgan fingerprint density at radius 3 is 2.56 bits per heavy atom. The molecule has 0 saturated carbocycles. The molecule has 0 saturated heterocycles. The van der Waals surface area contributed by atoms with E-state index in [0.717, 1.165) is 28.5 Å². The summed E-state index contributed by atoms with van der Waals surface area (Å²) in [6.07, 6.45) is 1.52. The molecule has 18 heavy (non-hydrogen) atoms. The molecule has 0 unspecified atom stereocenters. The minimum Gasteiger partial charge on any atom is -0.373 e. The van der Waals surface area contributed by atoms with Crippen molar-refractivity contribution >= 4 is 28.9 Å². The predicted octanol–water partition coefficient (Wildman–Crippen LogP) is 3.53. The molecular weight excluding hydrogens is 248 g/mol. The highest BCUT2D eigenvalue weighted by molar-refractivity contribution is 6.33. The van der Waals surface area contributed by atoms with Gasteiger partial charge in [0, 0.05) is 12.6 Å². The lowest BCUT2D eigenvalue weighted by molar-refractivity contribution is 1.12. The molecule has 1 heterocycles. The molecule has 0 atom stereocenters. The van der Waals surface area contributed by atoms with Crippen LogP contribution in [0.4, 0.5) is 17.3 Å². The van der Waals surface area contributed by atoms with Crippen molar-refractivity contribution in [3.05, 3.63) is 40.7 Å². The van der Waals surface area contributed by atoms with Gasteiger partial charge >= 0.3 is 0 Å². The van der Waals surface area contributed by atoms with Crippen molar-refractivity contribution in [2.75, 3.05) is 17.7 Å². The average molecular weight is 263 g/mol. The maximum atomic E-state index is 6.15. The van der Waals surface area contributed by atoms with E-state index in [2.05, 4.69) is 20.6 Å². The van der Waals surface area contributed by atoms with Crippen molar-refractivity contribution in [2.24, 2.45) is 0 Å².